The first-order chi connectivity index (χ1) is 33.0. The number of hydrogen-bond acceptors (Lipinski definition) is 15. The number of hydrogen-bond donors (Lipinski definition) is 6. The zero-order valence-corrected chi connectivity index (χ0v) is 38.3. The normalized spacial score (nSPS) is 32.2. The van der Waals surface area contributed by atoms with E-state index in [1.165, 1.54) is 0 Å². The number of amides is 3. The highest BCUT2D eigenvalue weighted by Crippen LogP contribution is 2.37. The molecule has 4 aliphatic rings. The zero-order valence-electron chi connectivity index (χ0n) is 38.3. The summed E-state index contributed by atoms with van der Waals surface area (Å²) in [5.74, 6) is -0.468. The van der Waals surface area contributed by atoms with Gasteiger partial charge in [0.25, 0.3) is 0 Å². The maximum atomic E-state index is 13.2. The van der Waals surface area contributed by atoms with Crippen LogP contribution >= 0.6 is 0 Å². The molecule has 2 fully saturated rings. The molecule has 1 saturated carbocycles. The van der Waals surface area contributed by atoms with Crippen LogP contribution in [-0.4, -0.2) is 126 Å². The number of rotatable bonds is 18. The number of aliphatic hydroxyl groups is 3. The van der Waals surface area contributed by atoms with Gasteiger partial charge in [-0.3, -0.25) is 0 Å². The van der Waals surface area contributed by atoms with Gasteiger partial charge in [-0.1, -0.05) is 136 Å². The first-order valence-electron chi connectivity index (χ1n) is 23.2. The van der Waals surface area contributed by atoms with Crippen molar-refractivity contribution < 1.29 is 72.3 Å². The van der Waals surface area contributed by atoms with Crippen LogP contribution in [0.2, 0.25) is 0 Å². The quantitative estimate of drug-likeness (QED) is 0.0737. The van der Waals surface area contributed by atoms with Gasteiger partial charge in [-0.25, -0.2) is 14.4 Å². The van der Waals surface area contributed by atoms with E-state index >= 15 is 0 Å². The standard InChI is InChI=1S/C50H63N3O15/c1-4-34-21-23-36(51-48(57)60-27-31-15-9-6-10-16-31)45(63-34)66-42-30(3)25-38(53-50(59)62-29-33-19-13-8-14-20-33)40(55)44(42)68-47-41(56)43(39(26-54)65-47)67-46-37(24-22-35(5-2)64-46)52-49(58)61-28-32-17-11-7-12-18-32/h6-24,30,34-47,54-56H,4-5,25-29H2,1-3H3,(H,51,57)(H,52,58)(H,53,59). The van der Waals surface area contributed by atoms with Crippen LogP contribution in [0.4, 0.5) is 14.4 Å². The van der Waals surface area contributed by atoms with Crippen molar-refractivity contribution in [3.63, 3.8) is 0 Å². The lowest BCUT2D eigenvalue weighted by Crippen LogP contribution is -2.63. The van der Waals surface area contributed by atoms with Gasteiger partial charge in [0.2, 0.25) is 0 Å². The summed E-state index contributed by atoms with van der Waals surface area (Å²) in [6.07, 6.45) is -6.24. The summed E-state index contributed by atoms with van der Waals surface area (Å²) >= 11 is 0. The van der Waals surface area contributed by atoms with Crippen molar-refractivity contribution in [2.75, 3.05) is 6.61 Å². The fourth-order valence-corrected chi connectivity index (χ4v) is 8.45. The lowest BCUT2D eigenvalue weighted by atomic mass is 9.80. The lowest BCUT2D eigenvalue weighted by molar-refractivity contribution is -0.287. The molecule has 18 nitrogen and oxygen atoms in total. The van der Waals surface area contributed by atoms with Crippen LogP contribution in [0.5, 0.6) is 0 Å². The van der Waals surface area contributed by atoms with Gasteiger partial charge in [-0.15, -0.1) is 0 Å². The molecular formula is C50H63N3O15. The van der Waals surface area contributed by atoms with E-state index < -0.39 is 111 Å². The third-order valence-corrected chi connectivity index (χ3v) is 12.2. The lowest BCUT2D eigenvalue weighted by Gasteiger charge is -2.46. The molecule has 68 heavy (non-hydrogen) atoms. The second-order valence-corrected chi connectivity index (χ2v) is 17.2. The molecule has 368 valence electrons. The van der Waals surface area contributed by atoms with E-state index in [0.29, 0.717) is 12.8 Å². The second-order valence-electron chi connectivity index (χ2n) is 17.2. The van der Waals surface area contributed by atoms with Gasteiger partial charge < -0.3 is 73.9 Å². The first kappa shape index (κ1) is 50.5. The number of ether oxygens (including phenoxy) is 9. The zero-order chi connectivity index (χ0) is 48.0. The summed E-state index contributed by atoms with van der Waals surface area (Å²) < 4.78 is 54.6. The summed E-state index contributed by atoms with van der Waals surface area (Å²) in [6.45, 7) is 5.11. The Labute approximate surface area is 395 Å². The first-order valence-corrected chi connectivity index (χ1v) is 23.2. The highest BCUT2D eigenvalue weighted by atomic mass is 16.8. The Balaban J connectivity index is 1.08. The molecule has 1 aliphatic carbocycles. The smallest absolute Gasteiger partial charge is 0.408 e. The van der Waals surface area contributed by atoms with Crippen LogP contribution in [0.25, 0.3) is 0 Å². The van der Waals surface area contributed by atoms with Crippen molar-refractivity contribution in [2.24, 2.45) is 5.92 Å². The minimum atomic E-state index is -1.59. The molecule has 6 N–H and O–H groups in total. The molecule has 0 spiro atoms. The van der Waals surface area contributed by atoms with Gasteiger partial charge in [0.15, 0.2) is 18.9 Å². The fraction of sp³-hybridized carbons (Fsp3) is 0.500. The molecule has 0 radical (unpaired) electrons. The summed E-state index contributed by atoms with van der Waals surface area (Å²) in [4.78, 5) is 39.3. The Kier molecular flexibility index (Phi) is 18.4. The Hall–Kier alpha value is -5.41. The number of carbonyl (C=O) groups excluding carboxylic acids is 3. The minimum absolute atomic E-state index is 0.0131. The average Bonchev–Trinajstić information content (AvgIpc) is 3.66. The SMILES string of the molecule is CCC1C=CC(NC(=O)OCc2ccccc2)C(OC2C(CO)OC(OC3C(O)C(NC(=O)OCc4ccccc4)CC(C)C3OC3OC(CC)C=CC3NC(=O)OCc3ccccc3)C2O)O1. The molecule has 7 rings (SSSR count). The van der Waals surface area contributed by atoms with Crippen LogP contribution in [0.1, 0.15) is 56.7 Å². The minimum Gasteiger partial charge on any atom is -0.445 e. The Morgan fingerprint density at radius 2 is 0.985 bits per heavy atom. The highest BCUT2D eigenvalue weighted by molar-refractivity contribution is 5.69. The largest absolute Gasteiger partial charge is 0.445 e. The van der Waals surface area contributed by atoms with Gasteiger partial charge in [-0.05, 0) is 41.9 Å². The molecule has 3 amide bonds. The van der Waals surface area contributed by atoms with E-state index in [1.807, 2.05) is 118 Å². The van der Waals surface area contributed by atoms with E-state index in [-0.39, 0.29) is 32.3 Å². The number of benzene rings is 3. The van der Waals surface area contributed by atoms with E-state index in [9.17, 15) is 29.7 Å². The second kappa shape index (κ2) is 24.7. The van der Waals surface area contributed by atoms with Crippen molar-refractivity contribution in [1.29, 1.82) is 0 Å². The van der Waals surface area contributed by atoms with Crippen molar-refractivity contribution in [3.8, 4) is 0 Å². The van der Waals surface area contributed by atoms with Crippen LogP contribution in [0.3, 0.4) is 0 Å². The number of carbonyl (C=O) groups is 3. The number of nitrogens with one attached hydrogen (secondary N) is 3. The Morgan fingerprint density at radius 1 is 0.559 bits per heavy atom. The summed E-state index contributed by atoms with van der Waals surface area (Å²) in [6, 6.07) is 24.9. The van der Waals surface area contributed by atoms with Crippen LogP contribution < -0.4 is 16.0 Å². The predicted molar refractivity (Wildman–Crippen MR) is 243 cm³/mol. The van der Waals surface area contributed by atoms with Gasteiger partial charge in [0.1, 0.15) is 62.4 Å². The molecule has 3 aliphatic heterocycles. The van der Waals surface area contributed by atoms with Crippen molar-refractivity contribution in [3.05, 3.63) is 132 Å². The van der Waals surface area contributed by atoms with E-state index in [1.54, 1.807) is 18.2 Å². The molecule has 3 heterocycles. The molecule has 3 aromatic rings. The van der Waals surface area contributed by atoms with Crippen molar-refractivity contribution in [2.45, 2.75) is 146 Å². The Bertz CT molecular complexity index is 2100. The van der Waals surface area contributed by atoms with Crippen LogP contribution in [-0.2, 0) is 62.5 Å². The topological polar surface area (TPSA) is 231 Å². The predicted octanol–water partition coefficient (Wildman–Crippen LogP) is 4.89. The fourth-order valence-electron chi connectivity index (χ4n) is 8.45. The van der Waals surface area contributed by atoms with Crippen molar-refractivity contribution >= 4 is 18.3 Å². The van der Waals surface area contributed by atoms with E-state index in [4.69, 9.17) is 42.6 Å². The third kappa shape index (κ3) is 13.6. The van der Waals surface area contributed by atoms with Gasteiger partial charge in [0.05, 0.1) is 31.0 Å². The van der Waals surface area contributed by atoms with Crippen LogP contribution in [0.15, 0.2) is 115 Å². The maximum Gasteiger partial charge on any atom is 0.408 e. The average molecular weight is 946 g/mol. The Morgan fingerprint density at radius 3 is 1.43 bits per heavy atom. The van der Waals surface area contributed by atoms with E-state index in [0.717, 1.165) is 16.7 Å². The monoisotopic (exact) mass is 945 g/mol. The van der Waals surface area contributed by atoms with Gasteiger partial charge >= 0.3 is 18.3 Å². The molecule has 15 unspecified atom stereocenters. The molecule has 0 bridgehead atoms. The van der Waals surface area contributed by atoms with Gasteiger partial charge in [0, 0.05) is 0 Å². The molecular weight excluding hydrogens is 883 g/mol. The summed E-state index contributed by atoms with van der Waals surface area (Å²) in [5.41, 5.74) is 2.35. The molecule has 15 atom stereocenters. The van der Waals surface area contributed by atoms with Crippen molar-refractivity contribution in [1.82, 2.24) is 16.0 Å². The maximum absolute atomic E-state index is 13.2. The van der Waals surface area contributed by atoms with Crippen LogP contribution in [0, 0.1) is 5.92 Å². The molecule has 18 heteroatoms. The number of aliphatic hydroxyl groups excluding tert-OH is 3. The van der Waals surface area contributed by atoms with E-state index in [2.05, 4.69) is 16.0 Å². The molecule has 1 saturated heterocycles. The molecule has 0 aromatic heterocycles. The summed E-state index contributed by atoms with van der Waals surface area (Å²) in [5, 5.41) is 43.0. The van der Waals surface area contributed by atoms with Gasteiger partial charge in [-0.2, -0.15) is 0 Å². The molecule has 3 aromatic carbocycles. The number of alkyl carbamates (subject to hydrolysis) is 3. The highest BCUT2D eigenvalue weighted by Gasteiger charge is 2.53. The summed E-state index contributed by atoms with van der Waals surface area (Å²) in [7, 11) is 0. The third-order valence-electron chi connectivity index (χ3n) is 12.2.